The molecule has 3 rings (SSSR count). The molecule has 0 amide bonds. The molecule has 6 nitrogen and oxygen atoms in total. The Labute approximate surface area is 134 Å². The van der Waals surface area contributed by atoms with Crippen LogP contribution in [0.25, 0.3) is 0 Å². The summed E-state index contributed by atoms with van der Waals surface area (Å²) in [5.41, 5.74) is 2.37. The van der Waals surface area contributed by atoms with Crippen molar-refractivity contribution in [2.75, 3.05) is 36.5 Å². The van der Waals surface area contributed by atoms with Gasteiger partial charge in [0.25, 0.3) is 0 Å². The Kier molecular flexibility index (Phi) is 4.73. The van der Waals surface area contributed by atoms with Crippen molar-refractivity contribution in [2.45, 2.75) is 6.54 Å². The molecule has 1 aromatic carbocycles. The van der Waals surface area contributed by atoms with Crippen LogP contribution in [0.4, 0.5) is 11.5 Å². The molecule has 1 aliphatic rings. The molecule has 0 aliphatic carbocycles. The minimum atomic E-state index is -1.03. The lowest BCUT2D eigenvalue weighted by Crippen LogP contribution is -2.36. The number of nitrogens with zero attached hydrogens (tertiary/aromatic N) is 2. The summed E-state index contributed by atoms with van der Waals surface area (Å²) >= 11 is 0. The zero-order chi connectivity index (χ0) is 16.1. The van der Waals surface area contributed by atoms with Crippen molar-refractivity contribution in [1.29, 1.82) is 0 Å². The molecule has 1 fully saturated rings. The maximum absolute atomic E-state index is 11.0. The van der Waals surface area contributed by atoms with E-state index in [1.165, 1.54) is 11.8 Å². The number of hydrogen-bond donors (Lipinski definition) is 2. The first-order valence-electron chi connectivity index (χ1n) is 7.59. The van der Waals surface area contributed by atoms with Crippen LogP contribution in [0.15, 0.2) is 42.5 Å². The second-order valence-corrected chi connectivity index (χ2v) is 5.29. The number of carboxylic acid groups (broad SMARTS) is 1. The summed E-state index contributed by atoms with van der Waals surface area (Å²) in [5.74, 6) is -0.468. The highest BCUT2D eigenvalue weighted by atomic mass is 16.5. The number of hydrogen-bond acceptors (Lipinski definition) is 5. The standard InChI is InChI=1S/C17H19N3O3/c21-17(22)14-5-3-7-16(19-14)18-12-13-4-1-2-6-15(13)20-8-10-23-11-9-20/h1-7H,8-12H2,(H,18,19)(H,21,22). The first kappa shape index (κ1) is 15.3. The van der Waals surface area contributed by atoms with Crippen molar-refractivity contribution in [3.05, 3.63) is 53.7 Å². The molecule has 1 saturated heterocycles. The fourth-order valence-electron chi connectivity index (χ4n) is 2.61. The van der Waals surface area contributed by atoms with Crippen LogP contribution < -0.4 is 10.2 Å². The van der Waals surface area contributed by atoms with Crippen molar-refractivity contribution in [2.24, 2.45) is 0 Å². The van der Waals surface area contributed by atoms with E-state index in [0.29, 0.717) is 12.4 Å². The fourth-order valence-corrected chi connectivity index (χ4v) is 2.61. The highest BCUT2D eigenvalue weighted by Gasteiger charge is 2.14. The summed E-state index contributed by atoms with van der Waals surface area (Å²) in [5, 5.41) is 12.2. The highest BCUT2D eigenvalue weighted by molar-refractivity contribution is 5.85. The third kappa shape index (κ3) is 3.78. The molecule has 0 bridgehead atoms. The zero-order valence-electron chi connectivity index (χ0n) is 12.7. The Bertz CT molecular complexity index is 684. The quantitative estimate of drug-likeness (QED) is 0.882. The summed E-state index contributed by atoms with van der Waals surface area (Å²) in [6.07, 6.45) is 0. The van der Waals surface area contributed by atoms with Gasteiger partial charge in [0.15, 0.2) is 5.69 Å². The minimum Gasteiger partial charge on any atom is -0.477 e. The average Bonchev–Trinajstić information content (AvgIpc) is 2.61. The number of morpholine rings is 1. The summed E-state index contributed by atoms with van der Waals surface area (Å²) in [6.45, 7) is 3.82. The van der Waals surface area contributed by atoms with E-state index in [1.807, 2.05) is 12.1 Å². The van der Waals surface area contributed by atoms with Crippen LogP contribution in [0.1, 0.15) is 16.1 Å². The normalized spacial score (nSPS) is 14.5. The number of benzene rings is 1. The highest BCUT2D eigenvalue weighted by Crippen LogP contribution is 2.22. The molecule has 1 aromatic heterocycles. The topological polar surface area (TPSA) is 74.7 Å². The number of anilines is 2. The predicted octanol–water partition coefficient (Wildman–Crippen LogP) is 2.23. The van der Waals surface area contributed by atoms with Gasteiger partial charge in [-0.1, -0.05) is 24.3 Å². The molecule has 2 N–H and O–H groups in total. The van der Waals surface area contributed by atoms with Gasteiger partial charge in [-0.25, -0.2) is 9.78 Å². The first-order valence-corrected chi connectivity index (χ1v) is 7.59. The summed E-state index contributed by atoms with van der Waals surface area (Å²) in [7, 11) is 0. The summed E-state index contributed by atoms with van der Waals surface area (Å²) in [6, 6.07) is 13.1. The van der Waals surface area contributed by atoms with Gasteiger partial charge in [-0.3, -0.25) is 0 Å². The molecule has 0 radical (unpaired) electrons. The van der Waals surface area contributed by atoms with Gasteiger partial charge >= 0.3 is 5.97 Å². The van der Waals surface area contributed by atoms with Gasteiger partial charge in [0.1, 0.15) is 5.82 Å². The Morgan fingerprint density at radius 3 is 2.74 bits per heavy atom. The molecule has 0 atom stereocenters. The third-order valence-corrected chi connectivity index (χ3v) is 3.77. The SMILES string of the molecule is O=C(O)c1cccc(NCc2ccccc2N2CCOCC2)n1. The van der Waals surface area contributed by atoms with Crippen LogP contribution in [-0.4, -0.2) is 42.4 Å². The van der Waals surface area contributed by atoms with Crippen LogP contribution in [-0.2, 0) is 11.3 Å². The van der Waals surface area contributed by atoms with Crippen LogP contribution in [0, 0.1) is 0 Å². The van der Waals surface area contributed by atoms with E-state index >= 15 is 0 Å². The zero-order valence-corrected chi connectivity index (χ0v) is 12.7. The molecule has 6 heteroatoms. The van der Waals surface area contributed by atoms with E-state index in [9.17, 15) is 4.79 Å². The third-order valence-electron chi connectivity index (χ3n) is 3.77. The average molecular weight is 313 g/mol. The van der Waals surface area contributed by atoms with Crippen LogP contribution in [0.3, 0.4) is 0 Å². The van der Waals surface area contributed by atoms with Gasteiger partial charge in [-0.2, -0.15) is 0 Å². The summed E-state index contributed by atoms with van der Waals surface area (Å²) in [4.78, 5) is 17.4. The fraction of sp³-hybridized carbons (Fsp3) is 0.294. The van der Waals surface area contributed by atoms with E-state index in [1.54, 1.807) is 12.1 Å². The number of nitrogens with one attached hydrogen (secondary N) is 1. The number of aromatic nitrogens is 1. The molecule has 1 aliphatic heterocycles. The molecule has 120 valence electrons. The Morgan fingerprint density at radius 1 is 1.17 bits per heavy atom. The number of aromatic carboxylic acids is 1. The molecule has 23 heavy (non-hydrogen) atoms. The lowest BCUT2D eigenvalue weighted by Gasteiger charge is -2.30. The number of pyridine rings is 1. The number of rotatable bonds is 5. The summed E-state index contributed by atoms with van der Waals surface area (Å²) < 4.78 is 5.40. The predicted molar refractivity (Wildman–Crippen MR) is 88.0 cm³/mol. The Balaban J connectivity index is 1.73. The number of carboxylic acids is 1. The molecule has 0 unspecified atom stereocenters. The lowest BCUT2D eigenvalue weighted by molar-refractivity contribution is 0.0690. The maximum atomic E-state index is 11.0. The Hall–Kier alpha value is -2.60. The molecule has 0 spiro atoms. The van der Waals surface area contributed by atoms with E-state index in [0.717, 1.165) is 31.9 Å². The van der Waals surface area contributed by atoms with E-state index in [-0.39, 0.29) is 5.69 Å². The first-order chi connectivity index (χ1) is 11.2. The maximum Gasteiger partial charge on any atom is 0.354 e. The molecular formula is C17H19N3O3. The van der Waals surface area contributed by atoms with Crippen LogP contribution in [0.5, 0.6) is 0 Å². The van der Waals surface area contributed by atoms with Crippen molar-refractivity contribution < 1.29 is 14.6 Å². The molecular weight excluding hydrogens is 294 g/mol. The largest absolute Gasteiger partial charge is 0.477 e. The van der Waals surface area contributed by atoms with E-state index in [2.05, 4.69) is 27.3 Å². The van der Waals surface area contributed by atoms with Gasteiger partial charge in [0.05, 0.1) is 13.2 Å². The second kappa shape index (κ2) is 7.11. The molecule has 2 heterocycles. The van der Waals surface area contributed by atoms with Crippen molar-refractivity contribution >= 4 is 17.5 Å². The number of para-hydroxylation sites is 1. The van der Waals surface area contributed by atoms with E-state index in [4.69, 9.17) is 9.84 Å². The smallest absolute Gasteiger partial charge is 0.354 e. The van der Waals surface area contributed by atoms with Gasteiger partial charge in [0.2, 0.25) is 0 Å². The van der Waals surface area contributed by atoms with Gasteiger partial charge < -0.3 is 20.1 Å². The lowest BCUT2D eigenvalue weighted by atomic mass is 10.1. The van der Waals surface area contributed by atoms with E-state index < -0.39 is 5.97 Å². The Morgan fingerprint density at radius 2 is 1.96 bits per heavy atom. The van der Waals surface area contributed by atoms with Crippen molar-refractivity contribution in [3.63, 3.8) is 0 Å². The molecule has 2 aromatic rings. The van der Waals surface area contributed by atoms with Gasteiger partial charge in [-0.05, 0) is 23.8 Å². The monoisotopic (exact) mass is 313 g/mol. The second-order valence-electron chi connectivity index (χ2n) is 5.29. The molecule has 0 saturated carbocycles. The number of carbonyl (C=O) groups is 1. The van der Waals surface area contributed by atoms with Gasteiger partial charge in [0, 0.05) is 25.3 Å². The van der Waals surface area contributed by atoms with Gasteiger partial charge in [-0.15, -0.1) is 0 Å². The minimum absolute atomic E-state index is 0.0384. The van der Waals surface area contributed by atoms with Crippen molar-refractivity contribution in [1.82, 2.24) is 4.98 Å². The van der Waals surface area contributed by atoms with Crippen LogP contribution in [0.2, 0.25) is 0 Å². The van der Waals surface area contributed by atoms with Crippen LogP contribution >= 0.6 is 0 Å². The number of ether oxygens (including phenoxy) is 1. The van der Waals surface area contributed by atoms with Crippen molar-refractivity contribution in [3.8, 4) is 0 Å².